The number of amides is 1. The van der Waals surface area contributed by atoms with Gasteiger partial charge in [0.1, 0.15) is 11.4 Å². The van der Waals surface area contributed by atoms with Gasteiger partial charge in [-0.15, -0.1) is 0 Å². The maximum atomic E-state index is 12.2. The lowest BCUT2D eigenvalue weighted by Crippen LogP contribution is -2.48. The van der Waals surface area contributed by atoms with E-state index in [9.17, 15) is 4.79 Å². The molecule has 6 heteroatoms. The molecule has 0 fully saturated rings. The van der Waals surface area contributed by atoms with E-state index in [2.05, 4.69) is 5.16 Å². The van der Waals surface area contributed by atoms with Crippen molar-refractivity contribution >= 4 is 11.7 Å². The van der Waals surface area contributed by atoms with Gasteiger partial charge >= 0.3 is 0 Å². The lowest BCUT2D eigenvalue weighted by Gasteiger charge is -2.32. The SMILES string of the molecule is CCN(CCC(N)=NO)C(=O)C(C)(CC)OC. The molecule has 0 aromatic rings. The van der Waals surface area contributed by atoms with Crippen molar-refractivity contribution in [2.45, 2.75) is 39.2 Å². The van der Waals surface area contributed by atoms with Crippen molar-refractivity contribution in [3.8, 4) is 0 Å². The van der Waals surface area contributed by atoms with Crippen LogP contribution in [0.25, 0.3) is 0 Å². The molecule has 6 nitrogen and oxygen atoms in total. The first-order chi connectivity index (χ1) is 7.95. The van der Waals surface area contributed by atoms with E-state index in [1.165, 1.54) is 7.11 Å². The fraction of sp³-hybridized carbons (Fsp3) is 0.818. The Morgan fingerprint density at radius 1 is 1.53 bits per heavy atom. The summed E-state index contributed by atoms with van der Waals surface area (Å²) in [7, 11) is 1.53. The molecule has 0 aromatic carbocycles. The number of rotatable bonds is 7. The predicted molar refractivity (Wildman–Crippen MR) is 66.0 cm³/mol. The van der Waals surface area contributed by atoms with Gasteiger partial charge in [0.15, 0.2) is 0 Å². The number of amidine groups is 1. The largest absolute Gasteiger partial charge is 0.409 e. The summed E-state index contributed by atoms with van der Waals surface area (Å²) < 4.78 is 5.26. The van der Waals surface area contributed by atoms with E-state index in [-0.39, 0.29) is 11.7 Å². The van der Waals surface area contributed by atoms with Crippen molar-refractivity contribution in [3.63, 3.8) is 0 Å². The van der Waals surface area contributed by atoms with Crippen molar-refractivity contribution in [1.29, 1.82) is 0 Å². The number of oxime groups is 1. The van der Waals surface area contributed by atoms with Gasteiger partial charge in [-0.25, -0.2) is 0 Å². The highest BCUT2D eigenvalue weighted by Crippen LogP contribution is 2.17. The standard InChI is InChI=1S/C11H23N3O3/c1-5-11(3,17-4)10(15)14(6-2)8-7-9(12)13-16/h16H,5-8H2,1-4H3,(H2,12,13). The van der Waals surface area contributed by atoms with Crippen molar-refractivity contribution in [1.82, 2.24) is 4.90 Å². The van der Waals surface area contributed by atoms with Crippen LogP contribution in [0.1, 0.15) is 33.6 Å². The van der Waals surface area contributed by atoms with Crippen molar-refractivity contribution in [2.75, 3.05) is 20.2 Å². The first-order valence-electron chi connectivity index (χ1n) is 5.76. The smallest absolute Gasteiger partial charge is 0.254 e. The topological polar surface area (TPSA) is 88.1 Å². The van der Waals surface area contributed by atoms with Crippen LogP contribution in [0.2, 0.25) is 0 Å². The average molecular weight is 245 g/mol. The molecule has 0 bridgehead atoms. The summed E-state index contributed by atoms with van der Waals surface area (Å²) in [4.78, 5) is 13.9. The van der Waals surface area contributed by atoms with Gasteiger partial charge in [0, 0.05) is 26.6 Å². The zero-order chi connectivity index (χ0) is 13.5. The summed E-state index contributed by atoms with van der Waals surface area (Å²) >= 11 is 0. The summed E-state index contributed by atoms with van der Waals surface area (Å²) in [5, 5.41) is 11.3. The molecule has 0 aliphatic carbocycles. The third-order valence-electron chi connectivity index (χ3n) is 3.01. The minimum atomic E-state index is -0.804. The molecule has 0 saturated carbocycles. The molecule has 0 heterocycles. The van der Waals surface area contributed by atoms with Gasteiger partial charge in [0.05, 0.1) is 0 Å². The Kier molecular flexibility index (Phi) is 6.57. The van der Waals surface area contributed by atoms with Gasteiger partial charge in [-0.2, -0.15) is 0 Å². The molecule has 0 aromatic heterocycles. The van der Waals surface area contributed by atoms with Crippen molar-refractivity contribution in [2.24, 2.45) is 10.9 Å². The molecule has 0 saturated heterocycles. The van der Waals surface area contributed by atoms with Crippen molar-refractivity contribution in [3.05, 3.63) is 0 Å². The summed E-state index contributed by atoms with van der Waals surface area (Å²) in [6.07, 6.45) is 0.946. The van der Waals surface area contributed by atoms with E-state index in [4.69, 9.17) is 15.7 Å². The van der Waals surface area contributed by atoms with Crippen LogP contribution in [0.4, 0.5) is 0 Å². The Balaban J connectivity index is 4.60. The molecule has 3 N–H and O–H groups in total. The van der Waals surface area contributed by atoms with Gasteiger partial charge in [-0.05, 0) is 20.3 Å². The number of likely N-dealkylation sites (N-methyl/N-ethyl adjacent to an activating group) is 1. The highest BCUT2D eigenvalue weighted by molar-refractivity contribution is 5.86. The predicted octanol–water partition coefficient (Wildman–Crippen LogP) is 0.786. The third kappa shape index (κ3) is 4.22. The summed E-state index contributed by atoms with van der Waals surface area (Å²) in [5.74, 6) is 0.0441. The lowest BCUT2D eigenvalue weighted by molar-refractivity contribution is -0.153. The second-order valence-corrected chi connectivity index (χ2v) is 4.01. The number of hydrogen-bond donors (Lipinski definition) is 2. The maximum Gasteiger partial charge on any atom is 0.254 e. The molecule has 0 aliphatic rings. The minimum absolute atomic E-state index is 0.0734. The maximum absolute atomic E-state index is 12.2. The second-order valence-electron chi connectivity index (χ2n) is 4.01. The summed E-state index contributed by atoms with van der Waals surface area (Å²) in [5.41, 5.74) is 4.58. The number of carbonyl (C=O) groups excluding carboxylic acids is 1. The van der Waals surface area contributed by atoms with Crippen LogP contribution in [0.15, 0.2) is 5.16 Å². The van der Waals surface area contributed by atoms with Crippen molar-refractivity contribution < 1.29 is 14.7 Å². The average Bonchev–Trinajstić information content (AvgIpc) is 2.37. The van der Waals surface area contributed by atoms with Crippen LogP contribution in [0.3, 0.4) is 0 Å². The zero-order valence-corrected chi connectivity index (χ0v) is 11.1. The van der Waals surface area contributed by atoms with E-state index in [1.54, 1.807) is 11.8 Å². The third-order valence-corrected chi connectivity index (χ3v) is 3.01. The van der Waals surface area contributed by atoms with Crippen LogP contribution < -0.4 is 5.73 Å². The first-order valence-corrected chi connectivity index (χ1v) is 5.76. The first kappa shape index (κ1) is 15.7. The number of hydrogen-bond acceptors (Lipinski definition) is 4. The van der Waals surface area contributed by atoms with E-state index < -0.39 is 5.60 Å². The second kappa shape index (κ2) is 7.11. The fourth-order valence-electron chi connectivity index (χ4n) is 1.42. The Labute approximate surface area is 102 Å². The molecule has 1 amide bonds. The van der Waals surface area contributed by atoms with Gasteiger partial charge in [-0.1, -0.05) is 12.1 Å². The van der Waals surface area contributed by atoms with Gasteiger partial charge in [0.25, 0.3) is 5.91 Å². The molecule has 1 unspecified atom stereocenters. The van der Waals surface area contributed by atoms with E-state index >= 15 is 0 Å². The molecule has 1 atom stereocenters. The van der Waals surface area contributed by atoms with E-state index in [0.717, 1.165) is 0 Å². The Morgan fingerprint density at radius 2 is 2.12 bits per heavy atom. The monoisotopic (exact) mass is 245 g/mol. The Morgan fingerprint density at radius 3 is 2.47 bits per heavy atom. The van der Waals surface area contributed by atoms with Gasteiger partial charge < -0.3 is 20.6 Å². The van der Waals surface area contributed by atoms with Crippen LogP contribution in [-0.2, 0) is 9.53 Å². The number of nitrogens with zero attached hydrogens (tertiary/aromatic N) is 2. The molecule has 0 aliphatic heterocycles. The minimum Gasteiger partial charge on any atom is -0.409 e. The quantitative estimate of drug-likeness (QED) is 0.300. The molecule has 17 heavy (non-hydrogen) atoms. The molecule has 0 radical (unpaired) electrons. The molecular weight excluding hydrogens is 222 g/mol. The summed E-state index contributed by atoms with van der Waals surface area (Å²) in [6, 6.07) is 0. The van der Waals surface area contributed by atoms with Crippen LogP contribution >= 0.6 is 0 Å². The molecule has 0 rings (SSSR count). The number of carbonyl (C=O) groups is 1. The van der Waals surface area contributed by atoms with E-state index in [0.29, 0.717) is 25.9 Å². The van der Waals surface area contributed by atoms with Crippen LogP contribution in [-0.4, -0.2) is 47.7 Å². The molecule has 0 spiro atoms. The number of ether oxygens (including phenoxy) is 1. The van der Waals surface area contributed by atoms with Gasteiger partial charge in [-0.3, -0.25) is 4.79 Å². The molecule has 100 valence electrons. The van der Waals surface area contributed by atoms with Gasteiger partial charge in [0.2, 0.25) is 0 Å². The lowest BCUT2D eigenvalue weighted by atomic mass is 10.0. The fourth-order valence-corrected chi connectivity index (χ4v) is 1.42. The summed E-state index contributed by atoms with van der Waals surface area (Å²) in [6.45, 7) is 6.54. The zero-order valence-electron chi connectivity index (χ0n) is 11.1. The Bertz CT molecular complexity index is 275. The van der Waals surface area contributed by atoms with E-state index in [1.807, 2.05) is 13.8 Å². The van der Waals surface area contributed by atoms with Crippen LogP contribution in [0, 0.1) is 0 Å². The van der Waals surface area contributed by atoms with Crippen LogP contribution in [0.5, 0.6) is 0 Å². The highest BCUT2D eigenvalue weighted by Gasteiger charge is 2.34. The molecular formula is C11H23N3O3. The normalized spacial score (nSPS) is 15.4. The number of methoxy groups -OCH3 is 1. The highest BCUT2D eigenvalue weighted by atomic mass is 16.5. The Hall–Kier alpha value is -1.30. The number of nitrogens with two attached hydrogens (primary N) is 1.